The minimum absolute atomic E-state index is 0.0208. The predicted molar refractivity (Wildman–Crippen MR) is 104 cm³/mol. The Bertz CT molecular complexity index is 819. The fraction of sp³-hybridized carbons (Fsp3) is 0.609. The fourth-order valence-corrected chi connectivity index (χ4v) is 6.55. The Morgan fingerprint density at radius 3 is 2.52 bits per heavy atom. The normalized spacial score (nSPS) is 40.7. The molecule has 4 nitrogen and oxygen atoms in total. The van der Waals surface area contributed by atoms with Crippen molar-refractivity contribution in [1.29, 1.82) is 0 Å². The highest BCUT2D eigenvalue weighted by Crippen LogP contribution is 2.64. The van der Waals surface area contributed by atoms with Gasteiger partial charge in [0, 0.05) is 25.2 Å². The number of carbonyl (C=O) groups is 3. The van der Waals surface area contributed by atoms with Gasteiger partial charge in [0.15, 0.2) is 5.78 Å². The van der Waals surface area contributed by atoms with Crippen molar-refractivity contribution in [3.8, 4) is 0 Å². The zero-order valence-electron chi connectivity index (χ0n) is 16.6. The number of rotatable bonds is 2. The van der Waals surface area contributed by atoms with Gasteiger partial charge in [0.2, 0.25) is 5.91 Å². The Hall–Kier alpha value is -1.97. The van der Waals surface area contributed by atoms with Gasteiger partial charge < -0.3 is 5.32 Å². The molecule has 4 aliphatic carbocycles. The van der Waals surface area contributed by atoms with Gasteiger partial charge in [-0.3, -0.25) is 14.4 Å². The van der Waals surface area contributed by atoms with Crippen LogP contribution in [0.5, 0.6) is 0 Å². The minimum Gasteiger partial charge on any atom is -0.323 e. The van der Waals surface area contributed by atoms with Crippen LogP contribution in [0.2, 0.25) is 0 Å². The zero-order valence-corrected chi connectivity index (χ0v) is 16.6. The Morgan fingerprint density at radius 2 is 1.85 bits per heavy atom. The molecule has 1 N–H and O–H groups in total. The van der Waals surface area contributed by atoms with E-state index in [0.717, 1.165) is 36.8 Å². The number of hydrogen-bond acceptors (Lipinski definition) is 3. The van der Waals surface area contributed by atoms with Crippen LogP contribution in [0.3, 0.4) is 0 Å². The Morgan fingerprint density at radius 1 is 1.15 bits per heavy atom. The van der Waals surface area contributed by atoms with Crippen LogP contribution in [-0.2, 0) is 14.4 Å². The summed E-state index contributed by atoms with van der Waals surface area (Å²) >= 11 is 0. The summed E-state index contributed by atoms with van der Waals surface area (Å²) < 4.78 is 0. The highest BCUT2D eigenvalue weighted by atomic mass is 16.2. The third-order valence-electron chi connectivity index (χ3n) is 8.07. The number of fused-ring (bicyclic) bond motifs is 5. The van der Waals surface area contributed by atoms with E-state index >= 15 is 0 Å². The number of allylic oxidation sites excluding steroid dienone is 5. The lowest BCUT2D eigenvalue weighted by Gasteiger charge is -2.56. The van der Waals surface area contributed by atoms with E-state index in [-0.39, 0.29) is 22.5 Å². The molecule has 4 aliphatic rings. The summed E-state index contributed by atoms with van der Waals surface area (Å²) in [6, 6.07) is 0. The third kappa shape index (κ3) is 2.45. The molecule has 0 radical (unpaired) electrons. The highest BCUT2D eigenvalue weighted by Gasteiger charge is 2.60. The Balaban J connectivity index is 1.89. The van der Waals surface area contributed by atoms with Gasteiger partial charge in [-0.15, -0.1) is 0 Å². The summed E-state index contributed by atoms with van der Waals surface area (Å²) in [6.45, 7) is 9.91. The second kappa shape index (κ2) is 6.02. The number of nitrogens with one attached hydrogen (secondary N) is 1. The maximum Gasteiger partial charge on any atom is 0.221 e. The number of hydrogen-bond donors (Lipinski definition) is 1. The van der Waals surface area contributed by atoms with E-state index in [1.807, 2.05) is 6.08 Å². The molecular weight excluding hydrogens is 338 g/mol. The summed E-state index contributed by atoms with van der Waals surface area (Å²) in [5, 5.41) is 2.82. The summed E-state index contributed by atoms with van der Waals surface area (Å²) in [6.07, 6.45) is 8.83. The van der Waals surface area contributed by atoms with Gasteiger partial charge in [0.1, 0.15) is 5.78 Å². The average Bonchev–Trinajstić information content (AvgIpc) is 2.92. The van der Waals surface area contributed by atoms with Crippen molar-refractivity contribution in [1.82, 2.24) is 5.32 Å². The molecule has 5 atom stereocenters. The summed E-state index contributed by atoms with van der Waals surface area (Å²) in [7, 11) is 0. The molecule has 144 valence electrons. The molecular formula is C23H29NO3. The summed E-state index contributed by atoms with van der Waals surface area (Å²) in [5.41, 5.74) is 2.22. The summed E-state index contributed by atoms with van der Waals surface area (Å²) in [4.78, 5) is 36.9. The van der Waals surface area contributed by atoms with Gasteiger partial charge in [0.05, 0.1) is 5.70 Å². The molecule has 4 heteroatoms. The first kappa shape index (κ1) is 18.4. The number of amides is 1. The third-order valence-corrected chi connectivity index (χ3v) is 8.07. The first-order chi connectivity index (χ1) is 12.7. The summed E-state index contributed by atoms with van der Waals surface area (Å²) in [5.74, 6) is 1.28. The van der Waals surface area contributed by atoms with E-state index < -0.39 is 0 Å². The quantitative estimate of drug-likeness (QED) is 0.805. The van der Waals surface area contributed by atoms with Gasteiger partial charge in [-0.25, -0.2) is 0 Å². The Kier molecular flexibility index (Phi) is 4.10. The van der Waals surface area contributed by atoms with Gasteiger partial charge in [-0.2, -0.15) is 0 Å². The molecule has 0 aromatic rings. The van der Waals surface area contributed by atoms with Crippen LogP contribution in [0.15, 0.2) is 35.6 Å². The fourth-order valence-electron chi connectivity index (χ4n) is 6.55. The highest BCUT2D eigenvalue weighted by molar-refractivity contribution is 6.01. The van der Waals surface area contributed by atoms with Crippen molar-refractivity contribution >= 4 is 17.5 Å². The van der Waals surface area contributed by atoms with Crippen LogP contribution in [-0.4, -0.2) is 17.5 Å². The van der Waals surface area contributed by atoms with E-state index in [2.05, 4.69) is 31.8 Å². The van der Waals surface area contributed by atoms with Crippen molar-refractivity contribution in [2.75, 3.05) is 0 Å². The van der Waals surface area contributed by atoms with Crippen LogP contribution in [0, 0.1) is 28.6 Å². The maximum absolute atomic E-state index is 12.6. The molecule has 0 aromatic heterocycles. The van der Waals surface area contributed by atoms with Gasteiger partial charge in [-0.1, -0.05) is 32.6 Å². The molecule has 4 rings (SSSR count). The van der Waals surface area contributed by atoms with Crippen LogP contribution in [0.1, 0.15) is 59.3 Å². The van der Waals surface area contributed by atoms with Crippen molar-refractivity contribution in [3.63, 3.8) is 0 Å². The first-order valence-corrected chi connectivity index (χ1v) is 10.2. The molecule has 27 heavy (non-hydrogen) atoms. The van der Waals surface area contributed by atoms with E-state index in [1.165, 1.54) is 6.92 Å². The van der Waals surface area contributed by atoms with Crippen molar-refractivity contribution in [2.24, 2.45) is 28.6 Å². The zero-order chi connectivity index (χ0) is 19.6. The topological polar surface area (TPSA) is 63.2 Å². The van der Waals surface area contributed by atoms with Gasteiger partial charge in [-0.05, 0) is 60.0 Å². The van der Waals surface area contributed by atoms with E-state index in [0.29, 0.717) is 42.1 Å². The van der Waals surface area contributed by atoms with E-state index in [1.54, 1.807) is 0 Å². The lowest BCUT2D eigenvalue weighted by molar-refractivity contribution is -0.131. The van der Waals surface area contributed by atoms with Crippen LogP contribution < -0.4 is 5.32 Å². The molecule has 0 saturated heterocycles. The van der Waals surface area contributed by atoms with Gasteiger partial charge >= 0.3 is 0 Å². The van der Waals surface area contributed by atoms with Crippen LogP contribution in [0.4, 0.5) is 0 Å². The minimum atomic E-state index is -0.216. The molecule has 0 bridgehead atoms. The number of Topliss-reactive ketones (excluding diaryl/α,β-unsaturated/α-hetero) is 2. The molecule has 0 spiro atoms. The second-order valence-corrected chi connectivity index (χ2v) is 9.32. The smallest absolute Gasteiger partial charge is 0.221 e. The molecule has 0 aliphatic heterocycles. The molecule has 0 aromatic carbocycles. The number of carbonyl (C=O) groups excluding carboxylic acids is 3. The standard InChI is InChI=1S/C23H29NO3/c1-5-14-12-17-21(24-13(2)25)18(26)9-11-22(17,3)16-8-10-23(4)15(20(14)16)6-7-19(23)27/h5,12,15-16,20H,1,6-11H2,2-4H3,(H,24,25)/t15-,16-,20-,22+,23-/m0/s1. The lowest BCUT2D eigenvalue weighted by Crippen LogP contribution is -2.51. The largest absolute Gasteiger partial charge is 0.323 e. The van der Waals surface area contributed by atoms with E-state index in [4.69, 9.17) is 0 Å². The number of ketones is 2. The molecule has 2 saturated carbocycles. The predicted octanol–water partition coefficient (Wildman–Crippen LogP) is 3.88. The Labute approximate surface area is 161 Å². The molecule has 0 unspecified atom stereocenters. The molecule has 0 heterocycles. The van der Waals surface area contributed by atoms with Crippen LogP contribution in [0.25, 0.3) is 0 Å². The lowest BCUT2D eigenvalue weighted by atomic mass is 9.47. The average molecular weight is 367 g/mol. The van der Waals surface area contributed by atoms with Crippen molar-refractivity contribution in [3.05, 3.63) is 35.6 Å². The molecule has 2 fully saturated rings. The SMILES string of the molecule is C=CC1=CC2=C(NC(C)=O)C(=O)CC[C@]2(C)[C@H]2CC[C@]3(C)C(=O)CC[C@H]3[C@H]12. The van der Waals surface area contributed by atoms with Crippen molar-refractivity contribution < 1.29 is 14.4 Å². The maximum atomic E-state index is 12.6. The monoisotopic (exact) mass is 367 g/mol. The van der Waals surface area contributed by atoms with E-state index in [9.17, 15) is 14.4 Å². The van der Waals surface area contributed by atoms with Crippen molar-refractivity contribution in [2.45, 2.75) is 59.3 Å². The molecule has 1 amide bonds. The first-order valence-electron chi connectivity index (χ1n) is 10.2. The second-order valence-electron chi connectivity index (χ2n) is 9.32. The van der Waals surface area contributed by atoms with Crippen LogP contribution >= 0.6 is 0 Å². The van der Waals surface area contributed by atoms with Gasteiger partial charge in [0.25, 0.3) is 0 Å².